The number of ether oxygens (including phenoxy) is 3. The van der Waals surface area contributed by atoms with Gasteiger partial charge in [-0.25, -0.2) is 0 Å². The predicted octanol–water partition coefficient (Wildman–Crippen LogP) is 5.59. The van der Waals surface area contributed by atoms with Gasteiger partial charge >= 0.3 is 0 Å². The molecule has 1 aliphatic rings. The molecule has 0 saturated carbocycles. The van der Waals surface area contributed by atoms with Gasteiger partial charge in [0.15, 0.2) is 11.5 Å². The van der Waals surface area contributed by atoms with Crippen LogP contribution in [-0.4, -0.2) is 47.6 Å². The van der Waals surface area contributed by atoms with Crippen LogP contribution in [-0.2, 0) is 22.6 Å². The molecular weight excluding hydrogens is 562 g/mol. The zero-order chi connectivity index (χ0) is 30.2. The fourth-order valence-corrected chi connectivity index (χ4v) is 4.95. The molecule has 42 heavy (non-hydrogen) atoms. The monoisotopic (exact) mass is 589 g/mol. The minimum atomic E-state index is -0.592. The first-order valence-electron chi connectivity index (χ1n) is 12.6. The van der Waals surface area contributed by atoms with E-state index in [2.05, 4.69) is 11.9 Å². The number of amides is 3. The van der Waals surface area contributed by atoms with E-state index in [1.165, 1.54) is 26.4 Å². The van der Waals surface area contributed by atoms with Crippen molar-refractivity contribution in [1.29, 1.82) is 0 Å². The second-order valence-electron chi connectivity index (χ2n) is 8.96. The van der Waals surface area contributed by atoms with Crippen LogP contribution in [0.5, 0.6) is 17.2 Å². The van der Waals surface area contributed by atoms with E-state index in [1.807, 2.05) is 0 Å². The van der Waals surface area contributed by atoms with Gasteiger partial charge in [0.2, 0.25) is 5.91 Å². The maximum absolute atomic E-state index is 13.1. The molecule has 3 amide bonds. The summed E-state index contributed by atoms with van der Waals surface area (Å²) in [5.41, 5.74) is 2.32. The summed E-state index contributed by atoms with van der Waals surface area (Å²) in [5.74, 6) is 0.293. The van der Waals surface area contributed by atoms with E-state index in [9.17, 15) is 24.5 Å². The van der Waals surface area contributed by atoms with E-state index in [0.717, 1.165) is 16.7 Å². The number of benzene rings is 3. The maximum atomic E-state index is 13.1. The van der Waals surface area contributed by atoms with Crippen LogP contribution in [0.1, 0.15) is 16.7 Å². The molecule has 0 spiro atoms. The number of allylic oxidation sites excluding steroid dienone is 1. The fraction of sp³-hybridized carbons (Fsp3) is 0.167. The van der Waals surface area contributed by atoms with E-state index in [4.69, 9.17) is 14.2 Å². The van der Waals surface area contributed by atoms with Crippen LogP contribution in [0.15, 0.2) is 78.2 Å². The normalized spacial score (nSPS) is 13.7. The number of carbonyl (C=O) groups is 3. The highest BCUT2D eigenvalue weighted by Crippen LogP contribution is 2.37. The molecule has 0 bridgehead atoms. The maximum Gasteiger partial charge on any atom is 0.294 e. The second-order valence-corrected chi connectivity index (χ2v) is 9.96. The molecule has 1 aliphatic heterocycles. The Hall–Kier alpha value is -5.10. The number of thioether (sulfide) groups is 1. The molecule has 4 rings (SSSR count). The summed E-state index contributed by atoms with van der Waals surface area (Å²) in [6, 6.07) is 16.2. The molecule has 216 valence electrons. The molecular formula is C30H27N3O8S. The largest absolute Gasteiger partial charge is 0.497 e. The average Bonchev–Trinajstić information content (AvgIpc) is 3.24. The Balaban J connectivity index is 1.51. The van der Waals surface area contributed by atoms with Crippen LogP contribution in [0, 0.1) is 10.1 Å². The number of nitro benzene ring substituents is 1. The summed E-state index contributed by atoms with van der Waals surface area (Å²) < 4.78 is 16.7. The van der Waals surface area contributed by atoms with E-state index in [-0.39, 0.29) is 17.2 Å². The van der Waals surface area contributed by atoms with Crippen LogP contribution in [0.25, 0.3) is 6.08 Å². The summed E-state index contributed by atoms with van der Waals surface area (Å²) in [4.78, 5) is 49.9. The summed E-state index contributed by atoms with van der Waals surface area (Å²) in [6.07, 6.45) is 3.62. The van der Waals surface area contributed by atoms with Crippen molar-refractivity contribution >= 4 is 46.3 Å². The highest BCUT2D eigenvalue weighted by Gasteiger charge is 2.36. The van der Waals surface area contributed by atoms with Crippen LogP contribution in [0.3, 0.4) is 0 Å². The lowest BCUT2D eigenvalue weighted by Gasteiger charge is -2.16. The zero-order valence-electron chi connectivity index (χ0n) is 22.8. The molecule has 0 unspecified atom stereocenters. The van der Waals surface area contributed by atoms with Gasteiger partial charge in [-0.2, -0.15) is 0 Å². The SMILES string of the molecule is C=CCc1cc(/C=C2/SC(=O)N(CC(=O)Nc3ccc(OC)cc3)C2=O)cc(OC)c1OCc1cccc([N+](=O)[O-])c1. The second kappa shape index (κ2) is 13.5. The number of methoxy groups -OCH3 is 2. The molecule has 1 heterocycles. The van der Waals surface area contributed by atoms with Crippen molar-refractivity contribution in [1.82, 2.24) is 4.90 Å². The Morgan fingerprint density at radius 2 is 1.86 bits per heavy atom. The molecule has 1 fully saturated rings. The van der Waals surface area contributed by atoms with Crippen LogP contribution < -0.4 is 19.5 Å². The Labute approximate surface area is 245 Å². The number of carbonyl (C=O) groups excluding carboxylic acids is 3. The number of non-ortho nitro benzene ring substituents is 1. The molecule has 0 aromatic heterocycles. The fourth-order valence-electron chi connectivity index (χ4n) is 4.11. The molecule has 3 aromatic carbocycles. The van der Waals surface area contributed by atoms with Crippen molar-refractivity contribution in [3.63, 3.8) is 0 Å². The first kappa shape index (κ1) is 29.9. The minimum Gasteiger partial charge on any atom is -0.497 e. The van der Waals surface area contributed by atoms with E-state index in [1.54, 1.807) is 60.7 Å². The topological polar surface area (TPSA) is 137 Å². The third kappa shape index (κ3) is 7.15. The molecule has 1 saturated heterocycles. The van der Waals surface area contributed by atoms with Crippen molar-refractivity contribution < 1.29 is 33.5 Å². The Kier molecular flexibility index (Phi) is 9.61. The van der Waals surface area contributed by atoms with Gasteiger partial charge in [0, 0.05) is 23.4 Å². The molecule has 0 aliphatic carbocycles. The molecule has 0 atom stereocenters. The van der Waals surface area contributed by atoms with Crippen molar-refractivity contribution in [2.75, 3.05) is 26.1 Å². The highest BCUT2D eigenvalue weighted by molar-refractivity contribution is 8.18. The summed E-state index contributed by atoms with van der Waals surface area (Å²) in [7, 11) is 3.00. The summed E-state index contributed by atoms with van der Waals surface area (Å²) >= 11 is 0.733. The lowest BCUT2D eigenvalue weighted by atomic mass is 10.0. The summed E-state index contributed by atoms with van der Waals surface area (Å²) in [5, 5.41) is 13.2. The van der Waals surface area contributed by atoms with Crippen molar-refractivity contribution in [2.45, 2.75) is 13.0 Å². The van der Waals surface area contributed by atoms with E-state index in [0.29, 0.717) is 46.0 Å². The van der Waals surface area contributed by atoms with Gasteiger partial charge in [-0.1, -0.05) is 18.2 Å². The Bertz CT molecular complexity index is 1570. The first-order chi connectivity index (χ1) is 20.2. The molecule has 1 N–H and O–H groups in total. The number of hydrogen-bond acceptors (Lipinski definition) is 9. The van der Waals surface area contributed by atoms with Gasteiger partial charge in [0.1, 0.15) is 18.9 Å². The smallest absolute Gasteiger partial charge is 0.294 e. The predicted molar refractivity (Wildman–Crippen MR) is 159 cm³/mol. The number of hydrogen-bond donors (Lipinski definition) is 1. The van der Waals surface area contributed by atoms with E-state index < -0.39 is 28.5 Å². The number of nitrogens with one attached hydrogen (secondary N) is 1. The standard InChI is InChI=1S/C30H27N3O8S/c1-4-6-21-13-20(15-25(40-3)28(21)41-18-19-7-5-8-23(14-19)33(37)38)16-26-29(35)32(30(36)42-26)17-27(34)31-22-9-11-24(39-2)12-10-22/h4-5,7-16H,1,6,17-18H2,2-3H3,(H,31,34)/b26-16+. The third-order valence-electron chi connectivity index (χ3n) is 6.09. The third-order valence-corrected chi connectivity index (χ3v) is 7.00. The number of imide groups is 1. The van der Waals surface area contributed by atoms with Crippen LogP contribution in [0.2, 0.25) is 0 Å². The number of rotatable bonds is 12. The van der Waals surface area contributed by atoms with Crippen molar-refractivity contribution in [3.8, 4) is 17.2 Å². The van der Waals surface area contributed by atoms with Crippen molar-refractivity contribution in [3.05, 3.63) is 105 Å². The van der Waals surface area contributed by atoms with Crippen molar-refractivity contribution in [2.24, 2.45) is 0 Å². The van der Waals surface area contributed by atoms with Crippen LogP contribution >= 0.6 is 11.8 Å². The molecule has 0 radical (unpaired) electrons. The van der Waals surface area contributed by atoms with Gasteiger partial charge in [-0.3, -0.25) is 29.4 Å². The number of nitrogens with zero attached hydrogens (tertiary/aromatic N) is 2. The van der Waals surface area contributed by atoms with Gasteiger partial charge in [-0.15, -0.1) is 6.58 Å². The first-order valence-corrected chi connectivity index (χ1v) is 13.4. The van der Waals surface area contributed by atoms with Gasteiger partial charge < -0.3 is 19.5 Å². The highest BCUT2D eigenvalue weighted by atomic mass is 32.2. The quantitative estimate of drug-likeness (QED) is 0.124. The van der Waals surface area contributed by atoms with Gasteiger partial charge in [-0.05, 0) is 71.8 Å². The van der Waals surface area contributed by atoms with E-state index >= 15 is 0 Å². The Morgan fingerprint density at radius 1 is 1.10 bits per heavy atom. The average molecular weight is 590 g/mol. The van der Waals surface area contributed by atoms with Gasteiger partial charge in [0.05, 0.1) is 24.0 Å². The number of anilines is 1. The molecule has 12 heteroatoms. The molecule has 3 aromatic rings. The minimum absolute atomic E-state index is 0.0445. The molecule has 11 nitrogen and oxygen atoms in total. The zero-order valence-corrected chi connectivity index (χ0v) is 23.6. The number of nitro groups is 1. The van der Waals surface area contributed by atoms with Gasteiger partial charge in [0.25, 0.3) is 16.8 Å². The van der Waals surface area contributed by atoms with Crippen LogP contribution in [0.4, 0.5) is 16.2 Å². The lowest BCUT2D eigenvalue weighted by Crippen LogP contribution is -2.36. The Morgan fingerprint density at radius 3 is 2.52 bits per heavy atom. The lowest BCUT2D eigenvalue weighted by molar-refractivity contribution is -0.384. The summed E-state index contributed by atoms with van der Waals surface area (Å²) in [6.45, 7) is 3.41.